The molecule has 17 heavy (non-hydrogen) atoms. The van der Waals surface area contributed by atoms with Crippen molar-refractivity contribution in [2.45, 2.75) is 46.5 Å². The SMILES string of the molecule is CC(C)CC(C)CNCCC(=O)N1CCCC1. The minimum Gasteiger partial charge on any atom is -0.343 e. The number of nitrogens with one attached hydrogen (secondary N) is 1. The first kappa shape index (κ1) is 14.5. The van der Waals surface area contributed by atoms with Crippen molar-refractivity contribution in [3.8, 4) is 0 Å². The molecule has 0 aromatic carbocycles. The Morgan fingerprint density at radius 2 is 1.88 bits per heavy atom. The normalized spacial score (nSPS) is 17.8. The third kappa shape index (κ3) is 6.06. The smallest absolute Gasteiger partial charge is 0.223 e. The average Bonchev–Trinajstić information content (AvgIpc) is 2.76. The molecule has 0 aliphatic carbocycles. The molecule has 0 saturated carbocycles. The molecule has 1 N–H and O–H groups in total. The highest BCUT2D eigenvalue weighted by Gasteiger charge is 2.16. The van der Waals surface area contributed by atoms with Crippen LogP contribution in [-0.4, -0.2) is 37.0 Å². The molecule has 1 unspecified atom stereocenters. The summed E-state index contributed by atoms with van der Waals surface area (Å²) in [5.74, 6) is 1.79. The molecule has 3 nitrogen and oxygen atoms in total. The number of carbonyl (C=O) groups is 1. The van der Waals surface area contributed by atoms with E-state index in [1.807, 2.05) is 4.90 Å². The van der Waals surface area contributed by atoms with Crippen molar-refractivity contribution < 1.29 is 4.79 Å². The maximum absolute atomic E-state index is 11.8. The summed E-state index contributed by atoms with van der Waals surface area (Å²) in [7, 11) is 0. The zero-order valence-electron chi connectivity index (χ0n) is 11.7. The molecule has 1 aliphatic heterocycles. The summed E-state index contributed by atoms with van der Waals surface area (Å²) in [5.41, 5.74) is 0. The van der Waals surface area contributed by atoms with E-state index in [4.69, 9.17) is 0 Å². The molecule has 1 saturated heterocycles. The standard InChI is InChI=1S/C14H28N2O/c1-12(2)10-13(3)11-15-7-6-14(17)16-8-4-5-9-16/h12-13,15H,4-11H2,1-3H3. The fraction of sp³-hybridized carbons (Fsp3) is 0.929. The molecule has 100 valence electrons. The lowest BCUT2D eigenvalue weighted by atomic mass is 9.99. The van der Waals surface area contributed by atoms with E-state index in [9.17, 15) is 4.79 Å². The van der Waals surface area contributed by atoms with Crippen LogP contribution in [0.3, 0.4) is 0 Å². The van der Waals surface area contributed by atoms with Gasteiger partial charge in [-0.25, -0.2) is 0 Å². The van der Waals surface area contributed by atoms with Gasteiger partial charge in [0.25, 0.3) is 0 Å². The molecule has 0 bridgehead atoms. The summed E-state index contributed by atoms with van der Waals surface area (Å²) in [6.45, 7) is 10.6. The maximum atomic E-state index is 11.8. The zero-order valence-corrected chi connectivity index (χ0v) is 11.7. The van der Waals surface area contributed by atoms with Gasteiger partial charge in [0.15, 0.2) is 0 Å². The van der Waals surface area contributed by atoms with Crippen molar-refractivity contribution in [1.29, 1.82) is 0 Å². The highest BCUT2D eigenvalue weighted by molar-refractivity contribution is 5.76. The van der Waals surface area contributed by atoms with Crippen molar-refractivity contribution in [3.05, 3.63) is 0 Å². The van der Waals surface area contributed by atoms with Crippen molar-refractivity contribution in [3.63, 3.8) is 0 Å². The Labute approximate surface area is 106 Å². The van der Waals surface area contributed by atoms with Gasteiger partial charge in [-0.3, -0.25) is 4.79 Å². The van der Waals surface area contributed by atoms with E-state index >= 15 is 0 Å². The summed E-state index contributed by atoms with van der Waals surface area (Å²) >= 11 is 0. The molecule has 0 spiro atoms. The largest absolute Gasteiger partial charge is 0.343 e. The van der Waals surface area contributed by atoms with Gasteiger partial charge in [0, 0.05) is 26.1 Å². The number of nitrogens with zero attached hydrogens (tertiary/aromatic N) is 1. The van der Waals surface area contributed by atoms with E-state index in [0.29, 0.717) is 18.2 Å². The Morgan fingerprint density at radius 1 is 1.24 bits per heavy atom. The molecule has 0 radical (unpaired) electrons. The lowest BCUT2D eigenvalue weighted by molar-refractivity contribution is -0.130. The molecule has 3 heteroatoms. The molecule has 1 aliphatic rings. The van der Waals surface area contributed by atoms with Gasteiger partial charge in [-0.15, -0.1) is 0 Å². The van der Waals surface area contributed by atoms with Gasteiger partial charge in [0.05, 0.1) is 0 Å². The monoisotopic (exact) mass is 240 g/mol. The van der Waals surface area contributed by atoms with Gasteiger partial charge < -0.3 is 10.2 Å². The third-order valence-corrected chi connectivity index (χ3v) is 3.34. The van der Waals surface area contributed by atoms with E-state index in [-0.39, 0.29) is 0 Å². The Balaban J connectivity index is 2.01. The van der Waals surface area contributed by atoms with Gasteiger partial charge in [0.1, 0.15) is 0 Å². The molecule has 1 atom stereocenters. The fourth-order valence-electron chi connectivity index (χ4n) is 2.56. The van der Waals surface area contributed by atoms with Crippen LogP contribution in [-0.2, 0) is 4.79 Å². The van der Waals surface area contributed by atoms with Crippen molar-refractivity contribution >= 4 is 5.91 Å². The van der Waals surface area contributed by atoms with Gasteiger partial charge in [-0.05, 0) is 37.6 Å². The Hall–Kier alpha value is -0.570. The summed E-state index contributed by atoms with van der Waals surface area (Å²) in [4.78, 5) is 13.8. The second-order valence-electron chi connectivity index (χ2n) is 5.78. The molecular weight excluding hydrogens is 212 g/mol. The minimum atomic E-state index is 0.325. The first-order valence-corrected chi connectivity index (χ1v) is 7.08. The van der Waals surface area contributed by atoms with Gasteiger partial charge in [-0.2, -0.15) is 0 Å². The van der Waals surface area contributed by atoms with Crippen LogP contribution in [0.15, 0.2) is 0 Å². The lowest BCUT2D eigenvalue weighted by Gasteiger charge is -2.17. The van der Waals surface area contributed by atoms with Gasteiger partial charge in [0.2, 0.25) is 5.91 Å². The van der Waals surface area contributed by atoms with Gasteiger partial charge >= 0.3 is 0 Å². The molecular formula is C14H28N2O. The lowest BCUT2D eigenvalue weighted by Crippen LogP contribution is -2.32. The first-order chi connectivity index (χ1) is 8.09. The molecule has 1 heterocycles. The predicted molar refractivity (Wildman–Crippen MR) is 71.9 cm³/mol. The first-order valence-electron chi connectivity index (χ1n) is 7.08. The van der Waals surface area contributed by atoms with Crippen molar-refractivity contribution in [1.82, 2.24) is 10.2 Å². The number of hydrogen-bond donors (Lipinski definition) is 1. The zero-order chi connectivity index (χ0) is 12.7. The van der Waals surface area contributed by atoms with Crippen LogP contribution in [0.2, 0.25) is 0 Å². The summed E-state index contributed by atoms with van der Waals surface area (Å²) in [6.07, 6.45) is 4.29. The highest BCUT2D eigenvalue weighted by Crippen LogP contribution is 2.10. The van der Waals surface area contributed by atoms with Crippen LogP contribution in [0.4, 0.5) is 0 Å². The van der Waals surface area contributed by atoms with Crippen LogP contribution in [0.5, 0.6) is 0 Å². The molecule has 1 rings (SSSR count). The highest BCUT2D eigenvalue weighted by atomic mass is 16.2. The Bertz CT molecular complexity index is 222. The second-order valence-corrected chi connectivity index (χ2v) is 5.78. The summed E-state index contributed by atoms with van der Waals surface area (Å²) in [5, 5.41) is 3.40. The molecule has 0 aromatic rings. The van der Waals surface area contributed by atoms with E-state index in [1.54, 1.807) is 0 Å². The van der Waals surface area contributed by atoms with E-state index in [2.05, 4.69) is 26.1 Å². The fourth-order valence-corrected chi connectivity index (χ4v) is 2.56. The van der Waals surface area contributed by atoms with E-state index < -0.39 is 0 Å². The van der Waals surface area contributed by atoms with Crippen LogP contribution in [0, 0.1) is 11.8 Å². The number of hydrogen-bond acceptors (Lipinski definition) is 2. The number of likely N-dealkylation sites (tertiary alicyclic amines) is 1. The van der Waals surface area contributed by atoms with Crippen LogP contribution >= 0.6 is 0 Å². The minimum absolute atomic E-state index is 0.325. The molecule has 0 aromatic heterocycles. The Morgan fingerprint density at radius 3 is 2.47 bits per heavy atom. The van der Waals surface area contributed by atoms with E-state index in [1.165, 1.54) is 19.3 Å². The number of carbonyl (C=O) groups excluding carboxylic acids is 1. The average molecular weight is 240 g/mol. The topological polar surface area (TPSA) is 32.3 Å². The summed E-state index contributed by atoms with van der Waals surface area (Å²) < 4.78 is 0. The number of rotatable bonds is 7. The van der Waals surface area contributed by atoms with Crippen molar-refractivity contribution in [2.75, 3.05) is 26.2 Å². The Kier molecular flexibility index (Phi) is 6.56. The maximum Gasteiger partial charge on any atom is 0.223 e. The molecule has 1 fully saturated rings. The van der Waals surface area contributed by atoms with Crippen molar-refractivity contribution in [2.24, 2.45) is 11.8 Å². The van der Waals surface area contributed by atoms with E-state index in [0.717, 1.165) is 32.1 Å². The van der Waals surface area contributed by atoms with Crippen LogP contribution < -0.4 is 5.32 Å². The predicted octanol–water partition coefficient (Wildman–Crippen LogP) is 2.27. The van der Waals surface area contributed by atoms with Gasteiger partial charge in [-0.1, -0.05) is 20.8 Å². The number of amides is 1. The summed E-state index contributed by atoms with van der Waals surface area (Å²) in [6, 6.07) is 0. The second kappa shape index (κ2) is 7.70. The quantitative estimate of drug-likeness (QED) is 0.692. The third-order valence-electron chi connectivity index (χ3n) is 3.34. The van der Waals surface area contributed by atoms with Crippen LogP contribution in [0.1, 0.15) is 46.5 Å². The molecule has 1 amide bonds. The van der Waals surface area contributed by atoms with Crippen LogP contribution in [0.25, 0.3) is 0 Å².